The molecule has 3 rings (SSSR count). The van der Waals surface area contributed by atoms with Crippen LogP contribution < -0.4 is 4.90 Å². The third-order valence-electron chi connectivity index (χ3n) is 4.16. The van der Waals surface area contributed by atoms with Crippen molar-refractivity contribution in [2.75, 3.05) is 37.6 Å². The van der Waals surface area contributed by atoms with E-state index >= 15 is 0 Å². The second-order valence-electron chi connectivity index (χ2n) is 6.31. The van der Waals surface area contributed by atoms with Crippen LogP contribution in [0.3, 0.4) is 0 Å². The van der Waals surface area contributed by atoms with Crippen LogP contribution >= 0.6 is 0 Å². The Kier molecular flexibility index (Phi) is 5.38. The van der Waals surface area contributed by atoms with Crippen LogP contribution in [0.1, 0.15) is 12.6 Å². The summed E-state index contributed by atoms with van der Waals surface area (Å²) in [4.78, 5) is 15.8. The number of anilines is 1. The quantitative estimate of drug-likeness (QED) is 0.893. The average Bonchev–Trinajstić information content (AvgIpc) is 2.61. The molecule has 0 amide bonds. The summed E-state index contributed by atoms with van der Waals surface area (Å²) in [5, 5.41) is 9.47. The second-order valence-corrected chi connectivity index (χ2v) is 6.31. The summed E-state index contributed by atoms with van der Waals surface area (Å²) in [6.45, 7) is 4.65. The monoisotopic (exact) mass is 367 g/mol. The number of nitrogens with zero attached hydrogens (tertiary/aromatic N) is 5. The maximum Gasteiger partial charge on any atom is 0.433 e. The third-order valence-corrected chi connectivity index (χ3v) is 4.16. The minimum Gasteiger partial charge on any atom is -0.392 e. The van der Waals surface area contributed by atoms with Crippen molar-refractivity contribution in [2.45, 2.75) is 19.2 Å². The normalized spacial score (nSPS) is 17.3. The molecule has 1 atom stereocenters. The van der Waals surface area contributed by atoms with Crippen LogP contribution in [0.5, 0.6) is 0 Å². The van der Waals surface area contributed by atoms with Crippen LogP contribution in [-0.4, -0.2) is 63.8 Å². The number of β-amino-alcohol motifs (C(OH)–C–C–N with tert-alkyl or cyclic N) is 1. The summed E-state index contributed by atoms with van der Waals surface area (Å²) >= 11 is 0. The molecule has 0 bridgehead atoms. The molecule has 1 aliphatic heterocycles. The minimum atomic E-state index is -4.55. The number of aliphatic hydroxyl groups is 1. The van der Waals surface area contributed by atoms with Crippen molar-refractivity contribution < 1.29 is 18.3 Å². The maximum absolute atomic E-state index is 13.3. The summed E-state index contributed by atoms with van der Waals surface area (Å²) in [6, 6.07) is 4.16. The number of aliphatic hydroxyl groups excluding tert-OH is 1. The third kappa shape index (κ3) is 4.47. The zero-order valence-corrected chi connectivity index (χ0v) is 14.3. The van der Waals surface area contributed by atoms with Gasteiger partial charge in [0.05, 0.1) is 6.10 Å². The highest BCUT2D eigenvalue weighted by Crippen LogP contribution is 2.31. The Labute approximate surface area is 149 Å². The van der Waals surface area contributed by atoms with Gasteiger partial charge in [-0.3, -0.25) is 9.88 Å². The van der Waals surface area contributed by atoms with Gasteiger partial charge in [-0.2, -0.15) is 13.2 Å². The molecule has 2 aromatic rings. The Morgan fingerprint density at radius 1 is 1.12 bits per heavy atom. The van der Waals surface area contributed by atoms with Gasteiger partial charge < -0.3 is 10.0 Å². The summed E-state index contributed by atoms with van der Waals surface area (Å²) < 4.78 is 39.8. The van der Waals surface area contributed by atoms with Crippen LogP contribution in [0.4, 0.5) is 19.0 Å². The standard InChI is InChI=1S/C17H20F3N5O/c1-12(26)11-24-6-8-25(9-7-24)15-10-14(17(18,19)20)22-16(23-15)13-2-4-21-5-3-13/h2-5,10,12,26H,6-9,11H2,1H3/t12-/m1/s1. The van der Waals surface area contributed by atoms with Crippen LogP contribution in [0.25, 0.3) is 11.4 Å². The van der Waals surface area contributed by atoms with Gasteiger partial charge in [0.25, 0.3) is 0 Å². The second kappa shape index (κ2) is 7.55. The molecule has 0 radical (unpaired) electrons. The first kappa shape index (κ1) is 18.5. The first-order chi connectivity index (χ1) is 12.3. The molecule has 0 aliphatic carbocycles. The van der Waals surface area contributed by atoms with Crippen molar-refractivity contribution in [3.05, 3.63) is 36.3 Å². The van der Waals surface area contributed by atoms with Gasteiger partial charge in [0, 0.05) is 56.7 Å². The Bertz CT molecular complexity index is 731. The van der Waals surface area contributed by atoms with Crippen molar-refractivity contribution in [1.82, 2.24) is 19.9 Å². The first-order valence-electron chi connectivity index (χ1n) is 8.35. The van der Waals surface area contributed by atoms with Crippen molar-refractivity contribution in [3.8, 4) is 11.4 Å². The molecule has 26 heavy (non-hydrogen) atoms. The topological polar surface area (TPSA) is 65.4 Å². The fourth-order valence-electron chi connectivity index (χ4n) is 2.90. The predicted molar refractivity (Wildman–Crippen MR) is 90.6 cm³/mol. The van der Waals surface area contributed by atoms with Gasteiger partial charge in [0.2, 0.25) is 0 Å². The molecule has 0 unspecified atom stereocenters. The van der Waals surface area contributed by atoms with Gasteiger partial charge in [-0.05, 0) is 19.1 Å². The van der Waals surface area contributed by atoms with E-state index in [4.69, 9.17) is 0 Å². The molecule has 140 valence electrons. The summed E-state index contributed by atoms with van der Waals surface area (Å²) in [7, 11) is 0. The van der Waals surface area contributed by atoms with Crippen molar-refractivity contribution in [3.63, 3.8) is 0 Å². The maximum atomic E-state index is 13.3. The van der Waals surface area contributed by atoms with Gasteiger partial charge in [-0.15, -0.1) is 0 Å². The lowest BCUT2D eigenvalue weighted by molar-refractivity contribution is -0.141. The van der Waals surface area contributed by atoms with Crippen LogP contribution in [-0.2, 0) is 6.18 Å². The number of pyridine rings is 1. The Balaban J connectivity index is 1.87. The van der Waals surface area contributed by atoms with Crippen LogP contribution in [0.15, 0.2) is 30.6 Å². The first-order valence-corrected chi connectivity index (χ1v) is 8.35. The highest BCUT2D eigenvalue weighted by Gasteiger charge is 2.34. The molecule has 0 spiro atoms. The number of halogens is 3. The molecule has 2 aromatic heterocycles. The number of hydrogen-bond donors (Lipinski definition) is 1. The Morgan fingerprint density at radius 2 is 1.77 bits per heavy atom. The molecule has 3 heterocycles. The van der Waals surface area contributed by atoms with Gasteiger partial charge in [0.15, 0.2) is 11.5 Å². The number of aromatic nitrogens is 3. The summed E-state index contributed by atoms with van der Waals surface area (Å²) in [5.74, 6) is 0.291. The fraction of sp³-hybridized carbons (Fsp3) is 0.471. The molecule has 1 aliphatic rings. The predicted octanol–water partition coefficient (Wildman–Crippen LogP) is 2.06. The van der Waals surface area contributed by atoms with Gasteiger partial charge >= 0.3 is 6.18 Å². The Morgan fingerprint density at radius 3 is 2.35 bits per heavy atom. The van der Waals surface area contributed by atoms with Gasteiger partial charge in [0.1, 0.15) is 5.82 Å². The van der Waals surface area contributed by atoms with E-state index in [1.54, 1.807) is 19.1 Å². The highest BCUT2D eigenvalue weighted by molar-refractivity contribution is 5.57. The van der Waals surface area contributed by atoms with E-state index in [1.165, 1.54) is 12.4 Å². The molecule has 6 nitrogen and oxygen atoms in total. The fourth-order valence-corrected chi connectivity index (χ4v) is 2.90. The summed E-state index contributed by atoms with van der Waals surface area (Å²) in [6.07, 6.45) is -2.00. The SMILES string of the molecule is C[C@@H](O)CN1CCN(c2cc(C(F)(F)F)nc(-c3ccncc3)n2)CC1. The highest BCUT2D eigenvalue weighted by atomic mass is 19.4. The van der Waals surface area contributed by atoms with E-state index in [2.05, 4.69) is 19.9 Å². The number of rotatable bonds is 4. The van der Waals surface area contributed by atoms with E-state index in [9.17, 15) is 18.3 Å². The molecule has 1 fully saturated rings. The number of alkyl halides is 3. The average molecular weight is 367 g/mol. The zero-order valence-electron chi connectivity index (χ0n) is 14.3. The number of hydrogen-bond acceptors (Lipinski definition) is 6. The van der Waals surface area contributed by atoms with E-state index in [1.807, 2.05) is 4.90 Å². The van der Waals surface area contributed by atoms with E-state index < -0.39 is 18.0 Å². The van der Waals surface area contributed by atoms with Crippen molar-refractivity contribution in [2.24, 2.45) is 0 Å². The van der Waals surface area contributed by atoms with Gasteiger partial charge in [-0.25, -0.2) is 9.97 Å². The minimum absolute atomic E-state index is 0.0311. The van der Waals surface area contributed by atoms with E-state index in [-0.39, 0.29) is 11.6 Å². The lowest BCUT2D eigenvalue weighted by atomic mass is 10.2. The van der Waals surface area contributed by atoms with Crippen molar-refractivity contribution in [1.29, 1.82) is 0 Å². The molecular formula is C17H20F3N5O. The van der Waals surface area contributed by atoms with E-state index in [0.717, 1.165) is 6.07 Å². The molecule has 0 saturated carbocycles. The number of piperazine rings is 1. The zero-order chi connectivity index (χ0) is 18.7. The molecular weight excluding hydrogens is 347 g/mol. The smallest absolute Gasteiger partial charge is 0.392 e. The van der Waals surface area contributed by atoms with Crippen LogP contribution in [0.2, 0.25) is 0 Å². The van der Waals surface area contributed by atoms with E-state index in [0.29, 0.717) is 38.3 Å². The molecule has 1 N–H and O–H groups in total. The summed E-state index contributed by atoms with van der Waals surface area (Å²) in [5.41, 5.74) is -0.471. The van der Waals surface area contributed by atoms with Crippen molar-refractivity contribution >= 4 is 5.82 Å². The Hall–Kier alpha value is -2.26. The lowest BCUT2D eigenvalue weighted by Gasteiger charge is -2.36. The van der Waals surface area contributed by atoms with Gasteiger partial charge in [-0.1, -0.05) is 0 Å². The lowest BCUT2D eigenvalue weighted by Crippen LogP contribution is -2.48. The largest absolute Gasteiger partial charge is 0.433 e. The molecule has 1 saturated heterocycles. The van der Waals surface area contributed by atoms with Crippen LogP contribution in [0, 0.1) is 0 Å². The molecule has 9 heteroatoms. The molecule has 0 aromatic carbocycles.